The van der Waals surface area contributed by atoms with Gasteiger partial charge < -0.3 is 14.2 Å². The van der Waals surface area contributed by atoms with E-state index in [0.717, 1.165) is 11.3 Å². The van der Waals surface area contributed by atoms with Crippen molar-refractivity contribution in [2.24, 2.45) is 4.99 Å². The molecule has 0 spiro atoms. The van der Waals surface area contributed by atoms with Gasteiger partial charge in [-0.1, -0.05) is 19.3 Å². The molecule has 1 aliphatic carbocycles. The van der Waals surface area contributed by atoms with E-state index >= 15 is 0 Å². The first-order valence-electron chi connectivity index (χ1n) is 6.87. The summed E-state index contributed by atoms with van der Waals surface area (Å²) in [7, 11) is 1.64. The van der Waals surface area contributed by atoms with Gasteiger partial charge in [0.15, 0.2) is 11.5 Å². The number of ether oxygens (including phenoxy) is 3. The van der Waals surface area contributed by atoms with Crippen LogP contribution in [0.3, 0.4) is 0 Å². The third-order valence-corrected chi connectivity index (χ3v) is 3.69. The lowest BCUT2D eigenvalue weighted by Crippen LogP contribution is -2.09. The summed E-state index contributed by atoms with van der Waals surface area (Å²) >= 11 is 0. The van der Waals surface area contributed by atoms with Gasteiger partial charge in [0.2, 0.25) is 12.5 Å². The standard InChI is InChI=1S/C15H19NO3/c1-17-13-7-11(8-14-15(13)19-10-18-14)9-16-12-5-3-2-4-6-12/h7-9,12H,2-6,10H2,1H3. The number of hydrogen-bond acceptors (Lipinski definition) is 4. The van der Waals surface area contributed by atoms with Gasteiger partial charge in [-0.2, -0.15) is 0 Å². The molecule has 1 heterocycles. The number of benzene rings is 1. The van der Waals surface area contributed by atoms with Crippen LogP contribution in [0.25, 0.3) is 0 Å². The van der Waals surface area contributed by atoms with Crippen molar-refractivity contribution >= 4 is 6.21 Å². The average Bonchev–Trinajstić information content (AvgIpc) is 2.93. The molecule has 3 rings (SSSR count). The number of aliphatic imine (C=N–C) groups is 1. The highest BCUT2D eigenvalue weighted by molar-refractivity contribution is 5.82. The van der Waals surface area contributed by atoms with Gasteiger partial charge in [-0.05, 0) is 30.5 Å². The van der Waals surface area contributed by atoms with Crippen LogP contribution in [0.15, 0.2) is 17.1 Å². The summed E-state index contributed by atoms with van der Waals surface area (Å²) in [5, 5.41) is 0. The van der Waals surface area contributed by atoms with Crippen molar-refractivity contribution in [3.8, 4) is 17.2 Å². The lowest BCUT2D eigenvalue weighted by molar-refractivity contribution is 0.171. The van der Waals surface area contributed by atoms with Crippen molar-refractivity contribution in [2.75, 3.05) is 13.9 Å². The second-order valence-corrected chi connectivity index (χ2v) is 5.03. The minimum Gasteiger partial charge on any atom is -0.493 e. The lowest BCUT2D eigenvalue weighted by atomic mass is 9.96. The van der Waals surface area contributed by atoms with E-state index in [1.165, 1.54) is 32.1 Å². The highest BCUT2D eigenvalue weighted by atomic mass is 16.7. The van der Waals surface area contributed by atoms with Crippen LogP contribution in [0.2, 0.25) is 0 Å². The molecule has 0 aromatic heterocycles. The zero-order valence-electron chi connectivity index (χ0n) is 11.2. The lowest BCUT2D eigenvalue weighted by Gasteiger charge is -2.17. The molecule has 2 aliphatic rings. The summed E-state index contributed by atoms with van der Waals surface area (Å²) in [4.78, 5) is 4.68. The Balaban J connectivity index is 1.79. The second-order valence-electron chi connectivity index (χ2n) is 5.03. The molecule has 1 aromatic carbocycles. The number of methoxy groups -OCH3 is 1. The molecule has 0 N–H and O–H groups in total. The molecule has 0 unspecified atom stereocenters. The van der Waals surface area contributed by atoms with Gasteiger partial charge in [0.25, 0.3) is 0 Å². The first-order chi connectivity index (χ1) is 9.36. The van der Waals surface area contributed by atoms with Crippen LogP contribution in [-0.2, 0) is 0 Å². The number of nitrogens with zero attached hydrogens (tertiary/aromatic N) is 1. The highest BCUT2D eigenvalue weighted by Gasteiger charge is 2.19. The molecule has 0 amide bonds. The van der Waals surface area contributed by atoms with E-state index in [-0.39, 0.29) is 6.79 Å². The van der Waals surface area contributed by atoms with Gasteiger partial charge >= 0.3 is 0 Å². The summed E-state index contributed by atoms with van der Waals surface area (Å²) in [5.41, 5.74) is 1.01. The Hall–Kier alpha value is -1.71. The highest BCUT2D eigenvalue weighted by Crippen LogP contribution is 2.41. The van der Waals surface area contributed by atoms with Gasteiger partial charge in [-0.25, -0.2) is 0 Å². The van der Waals surface area contributed by atoms with Crippen molar-refractivity contribution in [3.05, 3.63) is 17.7 Å². The fourth-order valence-corrected chi connectivity index (χ4v) is 2.65. The molecule has 1 fully saturated rings. The molecule has 19 heavy (non-hydrogen) atoms. The average molecular weight is 261 g/mol. The van der Waals surface area contributed by atoms with Gasteiger partial charge in [0.1, 0.15) is 0 Å². The Morgan fingerprint density at radius 3 is 2.84 bits per heavy atom. The molecule has 0 atom stereocenters. The minimum atomic E-state index is 0.259. The Labute approximate surface area is 113 Å². The third-order valence-electron chi connectivity index (χ3n) is 3.69. The van der Waals surface area contributed by atoms with Crippen molar-refractivity contribution < 1.29 is 14.2 Å². The molecule has 4 heteroatoms. The van der Waals surface area contributed by atoms with E-state index in [1.807, 2.05) is 18.3 Å². The Bertz CT molecular complexity index is 479. The quantitative estimate of drug-likeness (QED) is 0.785. The maximum atomic E-state index is 5.41. The molecule has 1 aliphatic heterocycles. The zero-order valence-corrected chi connectivity index (χ0v) is 11.2. The SMILES string of the molecule is COc1cc(C=NC2CCCCC2)cc2c1OCO2. The fourth-order valence-electron chi connectivity index (χ4n) is 2.65. The Morgan fingerprint density at radius 1 is 1.21 bits per heavy atom. The van der Waals surface area contributed by atoms with E-state index in [2.05, 4.69) is 4.99 Å². The van der Waals surface area contributed by atoms with Gasteiger partial charge in [-0.15, -0.1) is 0 Å². The molecular formula is C15H19NO3. The van der Waals surface area contributed by atoms with Gasteiger partial charge in [0, 0.05) is 12.3 Å². The summed E-state index contributed by atoms with van der Waals surface area (Å²) < 4.78 is 16.1. The summed E-state index contributed by atoms with van der Waals surface area (Å²) in [5.74, 6) is 2.14. The van der Waals surface area contributed by atoms with Crippen LogP contribution in [-0.4, -0.2) is 26.2 Å². The minimum absolute atomic E-state index is 0.259. The van der Waals surface area contributed by atoms with Crippen LogP contribution in [0, 0.1) is 0 Å². The predicted molar refractivity (Wildman–Crippen MR) is 73.6 cm³/mol. The van der Waals surface area contributed by atoms with Crippen molar-refractivity contribution in [2.45, 2.75) is 38.1 Å². The van der Waals surface area contributed by atoms with Crippen LogP contribution in [0.1, 0.15) is 37.7 Å². The first-order valence-corrected chi connectivity index (χ1v) is 6.87. The molecule has 0 bridgehead atoms. The fraction of sp³-hybridized carbons (Fsp3) is 0.533. The number of rotatable bonds is 3. The molecule has 1 aromatic rings. The van der Waals surface area contributed by atoms with E-state index in [1.54, 1.807) is 7.11 Å². The predicted octanol–water partition coefficient (Wildman–Crippen LogP) is 3.18. The smallest absolute Gasteiger partial charge is 0.231 e. The summed E-state index contributed by atoms with van der Waals surface area (Å²) in [6.07, 6.45) is 8.29. The molecule has 4 nitrogen and oxygen atoms in total. The monoisotopic (exact) mass is 261 g/mol. The van der Waals surface area contributed by atoms with Crippen molar-refractivity contribution in [1.29, 1.82) is 0 Å². The maximum absolute atomic E-state index is 5.41. The Morgan fingerprint density at radius 2 is 2.05 bits per heavy atom. The molecule has 0 saturated heterocycles. The van der Waals surface area contributed by atoms with Crippen LogP contribution in [0.5, 0.6) is 17.2 Å². The maximum Gasteiger partial charge on any atom is 0.231 e. The van der Waals surface area contributed by atoms with E-state index in [0.29, 0.717) is 17.5 Å². The topological polar surface area (TPSA) is 40.0 Å². The number of fused-ring (bicyclic) bond motifs is 1. The molecule has 0 radical (unpaired) electrons. The summed E-state index contributed by atoms with van der Waals surface area (Å²) in [6, 6.07) is 4.38. The van der Waals surface area contributed by atoms with Crippen molar-refractivity contribution in [3.63, 3.8) is 0 Å². The van der Waals surface area contributed by atoms with E-state index < -0.39 is 0 Å². The number of hydrogen-bond donors (Lipinski definition) is 0. The molecule has 1 saturated carbocycles. The van der Waals surface area contributed by atoms with Crippen LogP contribution >= 0.6 is 0 Å². The van der Waals surface area contributed by atoms with Crippen LogP contribution in [0.4, 0.5) is 0 Å². The zero-order chi connectivity index (χ0) is 13.1. The summed E-state index contributed by atoms with van der Waals surface area (Å²) in [6.45, 7) is 0.259. The van der Waals surface area contributed by atoms with E-state index in [9.17, 15) is 0 Å². The molecular weight excluding hydrogens is 242 g/mol. The first kappa shape index (κ1) is 12.3. The molecule has 102 valence electrons. The Kier molecular flexibility index (Phi) is 3.58. The normalized spacial score (nSPS) is 19.0. The largest absolute Gasteiger partial charge is 0.493 e. The third kappa shape index (κ3) is 2.67. The van der Waals surface area contributed by atoms with Crippen molar-refractivity contribution in [1.82, 2.24) is 0 Å². The van der Waals surface area contributed by atoms with Gasteiger partial charge in [-0.3, -0.25) is 4.99 Å². The van der Waals surface area contributed by atoms with Gasteiger partial charge in [0.05, 0.1) is 7.11 Å². The second kappa shape index (κ2) is 5.51. The van der Waals surface area contributed by atoms with Crippen LogP contribution < -0.4 is 14.2 Å². The van der Waals surface area contributed by atoms with E-state index in [4.69, 9.17) is 14.2 Å².